The Kier molecular flexibility index (Phi) is 31.3. The summed E-state index contributed by atoms with van der Waals surface area (Å²) < 4.78 is 49.1. The molecule has 0 atom stereocenters. The van der Waals surface area contributed by atoms with Crippen LogP contribution < -0.4 is 0 Å². The van der Waals surface area contributed by atoms with Gasteiger partial charge in [-0.05, 0) is 20.3 Å². The summed E-state index contributed by atoms with van der Waals surface area (Å²) in [7, 11) is 0. The van der Waals surface area contributed by atoms with Crippen LogP contribution >= 0.6 is 0 Å². The van der Waals surface area contributed by atoms with E-state index in [0.717, 1.165) is 13.0 Å². The molecule has 212 valence electrons. The van der Waals surface area contributed by atoms with Crippen LogP contribution in [-0.2, 0) is 42.6 Å². The van der Waals surface area contributed by atoms with Gasteiger partial charge in [-0.3, -0.25) is 0 Å². The first kappa shape index (κ1) is 34.6. The molecule has 0 aromatic carbocycles. The van der Waals surface area contributed by atoms with Gasteiger partial charge in [-0.1, -0.05) is 32.6 Å². The minimum absolute atomic E-state index is 0.240. The molecule has 0 spiro atoms. The fraction of sp³-hybridized carbons (Fsp3) is 1.00. The molecule has 0 aromatic rings. The normalized spacial score (nSPS) is 11.7. The van der Waals surface area contributed by atoms with E-state index in [1.807, 2.05) is 13.8 Å². The predicted octanol–water partition coefficient (Wildman–Crippen LogP) is 3.51. The van der Waals surface area contributed by atoms with E-state index >= 15 is 0 Å². The molecule has 0 N–H and O–H groups in total. The molecule has 0 saturated carbocycles. The molecule has 0 fully saturated rings. The third-order valence-corrected chi connectivity index (χ3v) is 4.68. The van der Waals surface area contributed by atoms with Crippen LogP contribution in [0.25, 0.3) is 0 Å². The van der Waals surface area contributed by atoms with Gasteiger partial charge >= 0.3 is 0 Å². The molecular weight excluding hydrogens is 456 g/mol. The van der Waals surface area contributed by atoms with E-state index in [1.54, 1.807) is 0 Å². The van der Waals surface area contributed by atoms with Crippen molar-refractivity contribution in [2.24, 2.45) is 0 Å². The summed E-state index contributed by atoms with van der Waals surface area (Å²) in [5, 5.41) is 0. The first-order chi connectivity index (χ1) is 17.3. The molecule has 0 rings (SSSR count). The first-order valence-corrected chi connectivity index (χ1v) is 13.5. The maximum absolute atomic E-state index is 5.55. The topological polar surface area (TPSA) is 83.1 Å². The molecule has 9 nitrogen and oxygen atoms in total. The van der Waals surface area contributed by atoms with Crippen molar-refractivity contribution in [3.8, 4) is 0 Å². The zero-order valence-electron chi connectivity index (χ0n) is 22.8. The van der Waals surface area contributed by atoms with Crippen molar-refractivity contribution >= 4 is 0 Å². The first-order valence-electron chi connectivity index (χ1n) is 13.5. The maximum atomic E-state index is 5.55. The van der Waals surface area contributed by atoms with Crippen molar-refractivity contribution in [1.82, 2.24) is 0 Å². The number of ether oxygens (including phenoxy) is 9. The quantitative estimate of drug-likeness (QED) is 0.130. The van der Waals surface area contributed by atoms with Gasteiger partial charge in [-0.2, -0.15) is 0 Å². The summed E-state index contributed by atoms with van der Waals surface area (Å²) in [6.07, 6.45) is 6.55. The zero-order valence-corrected chi connectivity index (χ0v) is 22.8. The third kappa shape index (κ3) is 33.6. The average Bonchev–Trinajstić information content (AvgIpc) is 2.85. The Labute approximate surface area is 214 Å². The lowest BCUT2D eigenvalue weighted by atomic mass is 10.2. The summed E-state index contributed by atoms with van der Waals surface area (Å²) >= 11 is 0. The SMILES string of the molecule is CCCCCCCOCCOCCOCCOCCOCCOCCOCCOCCOC(C)C. The number of rotatable bonds is 31. The molecule has 0 aliphatic heterocycles. The molecule has 0 radical (unpaired) electrons. The maximum Gasteiger partial charge on any atom is 0.0703 e. The fourth-order valence-corrected chi connectivity index (χ4v) is 2.79. The van der Waals surface area contributed by atoms with Crippen molar-refractivity contribution in [2.45, 2.75) is 59.0 Å². The largest absolute Gasteiger partial charge is 0.379 e. The van der Waals surface area contributed by atoms with Gasteiger partial charge in [0.2, 0.25) is 0 Å². The van der Waals surface area contributed by atoms with Crippen LogP contribution in [0.4, 0.5) is 0 Å². The van der Waals surface area contributed by atoms with Crippen LogP contribution in [0.5, 0.6) is 0 Å². The van der Waals surface area contributed by atoms with Crippen LogP contribution in [-0.4, -0.2) is 118 Å². The van der Waals surface area contributed by atoms with E-state index in [4.69, 9.17) is 42.6 Å². The minimum Gasteiger partial charge on any atom is -0.379 e. The van der Waals surface area contributed by atoms with E-state index < -0.39 is 0 Å². The smallest absolute Gasteiger partial charge is 0.0703 e. The Hall–Kier alpha value is -0.360. The van der Waals surface area contributed by atoms with Gasteiger partial charge in [-0.25, -0.2) is 0 Å². The van der Waals surface area contributed by atoms with Crippen LogP contribution in [0.3, 0.4) is 0 Å². The summed E-state index contributed by atoms with van der Waals surface area (Å²) in [5.74, 6) is 0. The van der Waals surface area contributed by atoms with Crippen LogP contribution in [0, 0.1) is 0 Å². The van der Waals surface area contributed by atoms with Gasteiger partial charge in [0, 0.05) is 6.61 Å². The second-order valence-corrected chi connectivity index (χ2v) is 8.23. The van der Waals surface area contributed by atoms with Crippen molar-refractivity contribution < 1.29 is 42.6 Å². The van der Waals surface area contributed by atoms with E-state index in [1.165, 1.54) is 25.7 Å². The summed E-state index contributed by atoms with van der Waals surface area (Å²) in [4.78, 5) is 0. The molecule has 0 aromatic heterocycles. The summed E-state index contributed by atoms with van der Waals surface area (Å²) in [6.45, 7) is 16.2. The van der Waals surface area contributed by atoms with Crippen molar-refractivity contribution in [3.63, 3.8) is 0 Å². The van der Waals surface area contributed by atoms with Crippen molar-refractivity contribution in [3.05, 3.63) is 0 Å². The van der Waals surface area contributed by atoms with Gasteiger partial charge in [0.05, 0.1) is 112 Å². The molecular formula is C26H54O9. The van der Waals surface area contributed by atoms with Gasteiger partial charge in [0.1, 0.15) is 0 Å². The molecule has 0 saturated heterocycles. The van der Waals surface area contributed by atoms with Gasteiger partial charge in [-0.15, -0.1) is 0 Å². The van der Waals surface area contributed by atoms with Gasteiger partial charge in [0.15, 0.2) is 0 Å². The number of unbranched alkanes of at least 4 members (excludes halogenated alkanes) is 4. The Morgan fingerprint density at radius 1 is 0.343 bits per heavy atom. The van der Waals surface area contributed by atoms with Crippen LogP contribution in [0.15, 0.2) is 0 Å². The molecule has 0 bridgehead atoms. The van der Waals surface area contributed by atoms with Gasteiger partial charge in [0.25, 0.3) is 0 Å². The summed E-state index contributed by atoms with van der Waals surface area (Å²) in [6, 6.07) is 0. The monoisotopic (exact) mass is 510 g/mol. The molecule has 0 aliphatic rings. The van der Waals surface area contributed by atoms with Crippen LogP contribution in [0.1, 0.15) is 52.9 Å². The Morgan fingerprint density at radius 2 is 0.629 bits per heavy atom. The summed E-state index contributed by atoms with van der Waals surface area (Å²) in [5.41, 5.74) is 0. The van der Waals surface area contributed by atoms with Gasteiger partial charge < -0.3 is 42.6 Å². The molecule has 0 unspecified atom stereocenters. The molecule has 0 aliphatic carbocycles. The highest BCUT2D eigenvalue weighted by molar-refractivity contribution is 4.42. The standard InChI is InChI=1S/C26H54O9/c1-4-5-6-7-8-9-27-10-11-28-12-13-29-14-15-30-16-17-31-18-19-32-20-21-33-22-23-34-24-25-35-26(2)3/h26H,4-25H2,1-3H3. The molecule has 0 amide bonds. The molecule has 0 heterocycles. The highest BCUT2D eigenvalue weighted by Gasteiger charge is 1.96. The fourth-order valence-electron chi connectivity index (χ4n) is 2.79. The van der Waals surface area contributed by atoms with Crippen molar-refractivity contribution in [2.75, 3.05) is 112 Å². The highest BCUT2D eigenvalue weighted by Crippen LogP contribution is 2.02. The van der Waals surface area contributed by atoms with Crippen LogP contribution in [0.2, 0.25) is 0 Å². The van der Waals surface area contributed by atoms with E-state index in [2.05, 4.69) is 6.92 Å². The lowest BCUT2D eigenvalue weighted by molar-refractivity contribution is -0.0269. The predicted molar refractivity (Wildman–Crippen MR) is 136 cm³/mol. The Bertz CT molecular complexity index is 373. The third-order valence-electron chi connectivity index (χ3n) is 4.68. The Balaban J connectivity index is 3.01. The average molecular weight is 511 g/mol. The minimum atomic E-state index is 0.240. The second kappa shape index (κ2) is 31.7. The molecule has 35 heavy (non-hydrogen) atoms. The Morgan fingerprint density at radius 3 is 0.943 bits per heavy atom. The zero-order chi connectivity index (χ0) is 25.5. The number of hydrogen-bond donors (Lipinski definition) is 0. The van der Waals surface area contributed by atoms with E-state index in [-0.39, 0.29) is 6.10 Å². The lowest BCUT2D eigenvalue weighted by Crippen LogP contribution is -2.15. The number of hydrogen-bond acceptors (Lipinski definition) is 9. The highest BCUT2D eigenvalue weighted by atomic mass is 16.6. The van der Waals surface area contributed by atoms with E-state index in [9.17, 15) is 0 Å². The van der Waals surface area contributed by atoms with Crippen molar-refractivity contribution in [1.29, 1.82) is 0 Å². The second-order valence-electron chi connectivity index (χ2n) is 8.23. The molecule has 9 heteroatoms. The van der Waals surface area contributed by atoms with E-state index in [0.29, 0.717) is 106 Å². The lowest BCUT2D eigenvalue weighted by Gasteiger charge is -2.09.